The predicted octanol–water partition coefficient (Wildman–Crippen LogP) is 3.96. The molecule has 210 valence electrons. The summed E-state index contributed by atoms with van der Waals surface area (Å²) in [5.41, 5.74) is 7.76. The van der Waals surface area contributed by atoms with Crippen molar-refractivity contribution in [1.29, 1.82) is 0 Å². The van der Waals surface area contributed by atoms with Gasteiger partial charge in [-0.2, -0.15) is 0 Å². The molecule has 6 rings (SSSR count). The molecule has 3 aromatic rings. The van der Waals surface area contributed by atoms with Gasteiger partial charge in [-0.3, -0.25) is 4.79 Å². The number of fused-ring (bicyclic) bond motifs is 2. The summed E-state index contributed by atoms with van der Waals surface area (Å²) in [5.74, 6) is 0.427. The molecule has 40 heavy (non-hydrogen) atoms. The monoisotopic (exact) mass is 548 g/mol. The first-order valence-corrected chi connectivity index (χ1v) is 13.6. The van der Waals surface area contributed by atoms with Gasteiger partial charge in [0.25, 0.3) is 0 Å². The SMILES string of the molecule is C[C@@H]1OC(=O)c2ccc(Nc3cc4c(C(C)(C)N)cnc(O[C@@H]5CN(C(=O)[C@@H]6C[C@@H]6F)[C@H]5C)c4cn3)nc2[C@H]1C. The molecule has 1 amide bonds. The van der Waals surface area contributed by atoms with Gasteiger partial charge in [-0.1, -0.05) is 6.92 Å². The molecule has 2 aliphatic heterocycles. The quantitative estimate of drug-likeness (QED) is 0.439. The molecule has 1 aliphatic carbocycles. The normalized spacial score (nSPS) is 27.5. The second-order valence-electron chi connectivity index (χ2n) is 11.7. The number of amides is 1. The van der Waals surface area contributed by atoms with Crippen LogP contribution in [0.3, 0.4) is 0 Å². The molecule has 11 heteroatoms. The predicted molar refractivity (Wildman–Crippen MR) is 146 cm³/mol. The lowest BCUT2D eigenvalue weighted by atomic mass is 9.93. The molecule has 3 aliphatic rings. The third-order valence-electron chi connectivity index (χ3n) is 8.24. The van der Waals surface area contributed by atoms with Gasteiger partial charge in [0.1, 0.15) is 30.0 Å². The second kappa shape index (κ2) is 9.36. The molecule has 3 N–H and O–H groups in total. The number of pyridine rings is 3. The minimum atomic E-state index is -1.02. The molecule has 5 heterocycles. The van der Waals surface area contributed by atoms with Gasteiger partial charge in [0.2, 0.25) is 11.8 Å². The van der Waals surface area contributed by atoms with Crippen LogP contribution < -0.4 is 15.8 Å². The number of nitrogens with one attached hydrogen (secondary N) is 1. The minimum Gasteiger partial charge on any atom is -0.470 e. The molecular weight excluding hydrogens is 515 g/mol. The van der Waals surface area contributed by atoms with E-state index >= 15 is 0 Å². The maximum absolute atomic E-state index is 13.4. The third kappa shape index (κ3) is 4.51. The summed E-state index contributed by atoms with van der Waals surface area (Å²) >= 11 is 0. The summed E-state index contributed by atoms with van der Waals surface area (Å²) in [6.07, 6.45) is 2.15. The average Bonchev–Trinajstić information content (AvgIpc) is 3.64. The summed E-state index contributed by atoms with van der Waals surface area (Å²) in [6.45, 7) is 9.92. The number of alkyl halides is 1. The zero-order chi connectivity index (χ0) is 28.5. The number of hydrogen-bond acceptors (Lipinski definition) is 9. The van der Waals surface area contributed by atoms with Crippen molar-refractivity contribution >= 4 is 34.3 Å². The molecule has 2 fully saturated rings. The van der Waals surface area contributed by atoms with Crippen LogP contribution in [0.15, 0.2) is 30.6 Å². The van der Waals surface area contributed by atoms with E-state index in [4.69, 9.17) is 20.2 Å². The van der Waals surface area contributed by atoms with Gasteiger partial charge in [0.15, 0.2) is 0 Å². The number of anilines is 2. The maximum Gasteiger partial charge on any atom is 0.340 e. The van der Waals surface area contributed by atoms with Crippen LogP contribution in [0.2, 0.25) is 0 Å². The Bertz CT molecular complexity index is 1520. The van der Waals surface area contributed by atoms with Crippen LogP contribution in [-0.4, -0.2) is 62.7 Å². The van der Waals surface area contributed by atoms with Crippen LogP contribution >= 0.6 is 0 Å². The van der Waals surface area contributed by atoms with E-state index in [9.17, 15) is 14.0 Å². The highest BCUT2D eigenvalue weighted by molar-refractivity contribution is 5.93. The van der Waals surface area contributed by atoms with Crippen molar-refractivity contribution in [2.75, 3.05) is 11.9 Å². The summed E-state index contributed by atoms with van der Waals surface area (Å²) in [4.78, 5) is 40.2. The van der Waals surface area contributed by atoms with Crippen molar-refractivity contribution in [1.82, 2.24) is 19.9 Å². The first-order valence-electron chi connectivity index (χ1n) is 13.6. The van der Waals surface area contributed by atoms with Crippen molar-refractivity contribution < 1.29 is 23.5 Å². The topological polar surface area (TPSA) is 133 Å². The first-order chi connectivity index (χ1) is 18.9. The van der Waals surface area contributed by atoms with Gasteiger partial charge >= 0.3 is 5.97 Å². The van der Waals surface area contributed by atoms with Crippen molar-refractivity contribution in [2.24, 2.45) is 11.7 Å². The van der Waals surface area contributed by atoms with Gasteiger partial charge in [-0.15, -0.1) is 0 Å². The Balaban J connectivity index is 1.28. The number of carbonyl (C=O) groups excluding carboxylic acids is 2. The number of rotatable bonds is 6. The molecule has 1 saturated heterocycles. The number of cyclic esters (lactones) is 1. The Morgan fingerprint density at radius 3 is 2.60 bits per heavy atom. The standard InChI is InChI=1S/C29H33FN6O4/c1-13-15(3)39-28(38)16-6-7-23(35-25(13)16)34-24-9-17-19(10-32-24)26(33-11-20(17)29(4,5)31)40-22-12-36(14(22)2)27(37)18-8-21(18)30/h6-7,9-11,13-15,18,21-22H,8,12,31H2,1-5H3,(H,32,34,35)/t13-,14-,15-,18+,21-,22+/m0/s1. The molecule has 0 aromatic carbocycles. The number of ether oxygens (including phenoxy) is 2. The van der Waals surface area contributed by atoms with E-state index < -0.39 is 17.6 Å². The van der Waals surface area contributed by atoms with E-state index in [0.29, 0.717) is 47.1 Å². The van der Waals surface area contributed by atoms with Crippen LogP contribution in [0, 0.1) is 5.92 Å². The summed E-state index contributed by atoms with van der Waals surface area (Å²) in [7, 11) is 0. The molecule has 0 spiro atoms. The minimum absolute atomic E-state index is 0.0442. The zero-order valence-corrected chi connectivity index (χ0v) is 23.1. The van der Waals surface area contributed by atoms with Gasteiger partial charge < -0.3 is 25.4 Å². The fourth-order valence-corrected chi connectivity index (χ4v) is 5.32. The molecular formula is C29H33FN6O4. The smallest absolute Gasteiger partial charge is 0.340 e. The number of nitrogens with two attached hydrogens (primary N) is 1. The van der Waals surface area contributed by atoms with Crippen LogP contribution in [0.5, 0.6) is 5.88 Å². The Hall–Kier alpha value is -3.86. The van der Waals surface area contributed by atoms with Crippen molar-refractivity contribution in [3.8, 4) is 5.88 Å². The summed E-state index contributed by atoms with van der Waals surface area (Å²) in [6, 6.07) is 5.13. The molecule has 3 aromatic heterocycles. The number of hydrogen-bond donors (Lipinski definition) is 2. The van der Waals surface area contributed by atoms with Crippen molar-refractivity contribution in [3.05, 3.63) is 47.4 Å². The van der Waals surface area contributed by atoms with E-state index in [1.807, 2.05) is 40.7 Å². The van der Waals surface area contributed by atoms with E-state index in [0.717, 1.165) is 10.9 Å². The fourth-order valence-electron chi connectivity index (χ4n) is 5.32. The summed E-state index contributed by atoms with van der Waals surface area (Å²) < 4.78 is 25.0. The number of esters is 1. The van der Waals surface area contributed by atoms with Crippen molar-refractivity contribution in [2.45, 2.75) is 76.9 Å². The van der Waals surface area contributed by atoms with Gasteiger partial charge in [0.05, 0.1) is 35.1 Å². The van der Waals surface area contributed by atoms with E-state index in [2.05, 4.69) is 15.3 Å². The highest BCUT2D eigenvalue weighted by Gasteiger charge is 2.51. The van der Waals surface area contributed by atoms with E-state index in [1.54, 1.807) is 29.4 Å². The third-order valence-corrected chi connectivity index (χ3v) is 8.24. The van der Waals surface area contributed by atoms with E-state index in [1.165, 1.54) is 0 Å². The Kier molecular flexibility index (Phi) is 6.17. The zero-order valence-electron chi connectivity index (χ0n) is 23.1. The lowest BCUT2D eigenvalue weighted by Crippen LogP contribution is -2.63. The average molecular weight is 549 g/mol. The highest BCUT2D eigenvalue weighted by atomic mass is 19.1. The Morgan fingerprint density at radius 2 is 1.93 bits per heavy atom. The highest BCUT2D eigenvalue weighted by Crippen LogP contribution is 2.39. The molecule has 0 radical (unpaired) electrons. The van der Waals surface area contributed by atoms with Crippen molar-refractivity contribution in [3.63, 3.8) is 0 Å². The van der Waals surface area contributed by atoms with Gasteiger partial charge in [0, 0.05) is 23.9 Å². The molecule has 0 bridgehead atoms. The number of nitrogens with zero attached hydrogens (tertiary/aromatic N) is 4. The first kappa shape index (κ1) is 26.4. The number of likely N-dealkylation sites (tertiary alicyclic amines) is 1. The lowest BCUT2D eigenvalue weighted by molar-refractivity contribution is -0.148. The van der Waals surface area contributed by atoms with E-state index in [-0.39, 0.29) is 36.0 Å². The van der Waals surface area contributed by atoms with Gasteiger partial charge in [-0.25, -0.2) is 24.1 Å². The molecule has 6 atom stereocenters. The molecule has 10 nitrogen and oxygen atoms in total. The van der Waals surface area contributed by atoms with Crippen LogP contribution in [0.1, 0.15) is 68.6 Å². The van der Waals surface area contributed by atoms with Crippen LogP contribution in [0.4, 0.5) is 16.0 Å². The fraction of sp³-hybridized carbons (Fsp3) is 0.483. The Labute approximate surface area is 231 Å². The summed E-state index contributed by atoms with van der Waals surface area (Å²) in [5, 5.41) is 4.76. The molecule has 1 saturated carbocycles. The largest absolute Gasteiger partial charge is 0.470 e. The second-order valence-corrected chi connectivity index (χ2v) is 11.7. The lowest BCUT2D eigenvalue weighted by Gasteiger charge is -2.45. The number of carbonyl (C=O) groups is 2. The van der Waals surface area contributed by atoms with Gasteiger partial charge in [-0.05, 0) is 63.3 Å². The van der Waals surface area contributed by atoms with Crippen LogP contribution in [-0.2, 0) is 15.1 Å². The number of halogens is 1. The number of aromatic nitrogens is 3. The van der Waals surface area contributed by atoms with Crippen LogP contribution in [0.25, 0.3) is 10.8 Å². The molecule has 0 unspecified atom stereocenters. The maximum atomic E-state index is 13.4. The Morgan fingerprint density at radius 1 is 1.18 bits per heavy atom.